The zero-order chi connectivity index (χ0) is 26.4. The van der Waals surface area contributed by atoms with Gasteiger partial charge in [-0.1, -0.05) is 72.8 Å². The van der Waals surface area contributed by atoms with E-state index in [-0.39, 0.29) is 17.6 Å². The Labute approximate surface area is 228 Å². The van der Waals surface area contributed by atoms with E-state index in [9.17, 15) is 4.79 Å². The molecule has 0 saturated heterocycles. The Morgan fingerprint density at radius 1 is 0.658 bits per heavy atom. The van der Waals surface area contributed by atoms with Gasteiger partial charge in [-0.05, 0) is 67.0 Å². The van der Waals surface area contributed by atoms with E-state index >= 15 is 0 Å². The van der Waals surface area contributed by atoms with Crippen molar-refractivity contribution in [3.8, 4) is 17.2 Å². The number of amides is 1. The van der Waals surface area contributed by atoms with Crippen molar-refractivity contribution < 1.29 is 19.0 Å². The van der Waals surface area contributed by atoms with Crippen LogP contribution in [0, 0.1) is 0 Å². The highest BCUT2D eigenvalue weighted by molar-refractivity contribution is 7.80. The number of thiocarbonyl (C=S) groups is 1. The highest BCUT2D eigenvalue weighted by Crippen LogP contribution is 2.24. The Bertz CT molecular complexity index is 1320. The third-order valence-electron chi connectivity index (χ3n) is 5.56. The van der Waals surface area contributed by atoms with E-state index in [1.54, 1.807) is 18.2 Å². The first-order valence-electron chi connectivity index (χ1n) is 12.5. The third-order valence-corrected chi connectivity index (χ3v) is 5.76. The maximum Gasteiger partial charge on any atom is 0.261 e. The van der Waals surface area contributed by atoms with Crippen LogP contribution in [0.25, 0.3) is 0 Å². The summed E-state index contributed by atoms with van der Waals surface area (Å²) >= 11 is 5.42. The minimum absolute atomic E-state index is 0.164. The highest BCUT2D eigenvalue weighted by Gasteiger charge is 2.14. The van der Waals surface area contributed by atoms with Crippen molar-refractivity contribution in [2.24, 2.45) is 0 Å². The van der Waals surface area contributed by atoms with Gasteiger partial charge in [-0.15, -0.1) is 0 Å². The lowest BCUT2D eigenvalue weighted by Gasteiger charge is -2.15. The van der Waals surface area contributed by atoms with Crippen LogP contribution >= 0.6 is 12.2 Å². The molecule has 7 heteroatoms. The molecule has 0 spiro atoms. The number of aryl methyl sites for hydroxylation is 1. The van der Waals surface area contributed by atoms with Crippen LogP contribution < -0.4 is 24.8 Å². The Kier molecular flexibility index (Phi) is 10.1. The first kappa shape index (κ1) is 26.7. The molecule has 4 aromatic carbocycles. The fourth-order valence-corrected chi connectivity index (χ4v) is 3.93. The van der Waals surface area contributed by atoms with Gasteiger partial charge < -0.3 is 19.5 Å². The van der Waals surface area contributed by atoms with Gasteiger partial charge in [0, 0.05) is 0 Å². The highest BCUT2D eigenvalue weighted by atomic mass is 32.1. The molecule has 0 atom stereocenters. The first-order valence-corrected chi connectivity index (χ1v) is 12.9. The predicted octanol–water partition coefficient (Wildman–Crippen LogP) is 6.28. The lowest BCUT2D eigenvalue weighted by Crippen LogP contribution is -2.34. The van der Waals surface area contributed by atoms with E-state index in [1.807, 2.05) is 78.9 Å². The van der Waals surface area contributed by atoms with Gasteiger partial charge in [0.1, 0.15) is 30.5 Å². The van der Waals surface area contributed by atoms with Gasteiger partial charge in [0.25, 0.3) is 5.91 Å². The molecule has 0 bridgehead atoms. The second-order valence-electron chi connectivity index (χ2n) is 8.35. The number of nitrogens with one attached hydrogen (secondary N) is 2. The van der Waals surface area contributed by atoms with Gasteiger partial charge in [-0.2, -0.15) is 0 Å². The van der Waals surface area contributed by atoms with Gasteiger partial charge >= 0.3 is 0 Å². The normalized spacial score (nSPS) is 10.3. The topological polar surface area (TPSA) is 68.8 Å². The van der Waals surface area contributed by atoms with Crippen LogP contribution in [-0.2, 0) is 6.42 Å². The fourth-order valence-electron chi connectivity index (χ4n) is 3.73. The quantitative estimate of drug-likeness (QED) is 0.167. The van der Waals surface area contributed by atoms with Gasteiger partial charge in [-0.25, -0.2) is 0 Å². The molecule has 0 saturated carbocycles. The number of carbonyl (C=O) groups is 1. The molecule has 0 aliphatic rings. The van der Waals surface area contributed by atoms with Crippen LogP contribution in [0.4, 0.5) is 5.69 Å². The Morgan fingerprint density at radius 2 is 1.26 bits per heavy atom. The number of rotatable bonds is 12. The molecule has 38 heavy (non-hydrogen) atoms. The second kappa shape index (κ2) is 14.4. The minimum atomic E-state index is -0.372. The Morgan fingerprint density at radius 3 is 2.05 bits per heavy atom. The fraction of sp³-hybridized carbons (Fsp3) is 0.161. The van der Waals surface area contributed by atoms with Crippen molar-refractivity contribution in [2.45, 2.75) is 12.8 Å². The average molecular weight is 527 g/mol. The van der Waals surface area contributed by atoms with Crippen molar-refractivity contribution in [2.75, 3.05) is 25.1 Å². The zero-order valence-corrected chi connectivity index (χ0v) is 21.8. The SMILES string of the molecule is O=C(NC(=S)Nc1ccccc1OCCCc1ccccc1)c1ccccc1OCCOc1ccccc1. The minimum Gasteiger partial charge on any atom is -0.491 e. The largest absolute Gasteiger partial charge is 0.491 e. The van der Waals surface area contributed by atoms with Crippen molar-refractivity contribution in [1.29, 1.82) is 0 Å². The molecule has 4 rings (SSSR count). The molecular formula is C31H30N2O4S. The summed E-state index contributed by atoms with van der Waals surface area (Å²) in [5.41, 5.74) is 2.33. The molecule has 4 aromatic rings. The number of hydrogen-bond donors (Lipinski definition) is 2. The summed E-state index contributed by atoms with van der Waals surface area (Å²) in [7, 11) is 0. The molecule has 194 valence electrons. The van der Waals surface area contributed by atoms with Crippen LogP contribution in [-0.4, -0.2) is 30.8 Å². The van der Waals surface area contributed by atoms with E-state index in [2.05, 4.69) is 22.8 Å². The van der Waals surface area contributed by atoms with Crippen LogP contribution in [0.3, 0.4) is 0 Å². The smallest absolute Gasteiger partial charge is 0.261 e. The summed E-state index contributed by atoms with van der Waals surface area (Å²) in [5, 5.41) is 5.97. The van der Waals surface area contributed by atoms with E-state index < -0.39 is 0 Å². The van der Waals surface area contributed by atoms with Crippen LogP contribution in [0.15, 0.2) is 109 Å². The van der Waals surface area contributed by atoms with E-state index in [0.717, 1.165) is 18.6 Å². The van der Waals surface area contributed by atoms with Crippen molar-refractivity contribution in [1.82, 2.24) is 5.32 Å². The third kappa shape index (κ3) is 8.35. The summed E-state index contributed by atoms with van der Waals surface area (Å²) in [4.78, 5) is 13.0. The molecule has 0 aromatic heterocycles. The van der Waals surface area contributed by atoms with Gasteiger partial charge in [0.05, 0.1) is 17.9 Å². The molecule has 6 nitrogen and oxygen atoms in total. The standard InChI is InChI=1S/C31H30N2O4S/c34-30(26-17-7-9-19-28(26)37-23-22-35-25-15-5-2-6-16-25)33-31(38)32-27-18-8-10-20-29(27)36-21-11-14-24-12-3-1-4-13-24/h1-10,12-13,15-20H,11,14,21-23H2,(H2,32,33,34,38). The van der Waals surface area contributed by atoms with Gasteiger partial charge in [0.15, 0.2) is 5.11 Å². The molecule has 0 aliphatic carbocycles. The van der Waals surface area contributed by atoms with Crippen LogP contribution in [0.5, 0.6) is 17.2 Å². The number of ether oxygens (including phenoxy) is 3. The monoisotopic (exact) mass is 526 g/mol. The number of benzene rings is 4. The maximum absolute atomic E-state index is 13.0. The lowest BCUT2D eigenvalue weighted by molar-refractivity contribution is 0.0972. The molecule has 0 aliphatic heterocycles. The summed E-state index contributed by atoms with van der Waals surface area (Å²) in [6.45, 7) is 1.20. The maximum atomic E-state index is 13.0. The van der Waals surface area contributed by atoms with Gasteiger partial charge in [-0.3, -0.25) is 10.1 Å². The van der Waals surface area contributed by atoms with Crippen LogP contribution in [0.2, 0.25) is 0 Å². The van der Waals surface area contributed by atoms with E-state index in [4.69, 9.17) is 26.4 Å². The second-order valence-corrected chi connectivity index (χ2v) is 8.76. The summed E-state index contributed by atoms with van der Waals surface area (Å²) < 4.78 is 17.5. The van der Waals surface area contributed by atoms with Crippen molar-refractivity contribution >= 4 is 28.9 Å². The number of para-hydroxylation sites is 4. The number of hydrogen-bond acceptors (Lipinski definition) is 5. The summed E-state index contributed by atoms with van der Waals surface area (Å²) in [6.07, 6.45) is 1.82. The molecule has 2 N–H and O–H groups in total. The number of carbonyl (C=O) groups excluding carboxylic acids is 1. The van der Waals surface area contributed by atoms with E-state index in [0.29, 0.717) is 36.0 Å². The first-order chi connectivity index (χ1) is 18.7. The van der Waals surface area contributed by atoms with E-state index in [1.165, 1.54) is 5.56 Å². The molecule has 0 fully saturated rings. The predicted molar refractivity (Wildman–Crippen MR) is 154 cm³/mol. The van der Waals surface area contributed by atoms with Crippen molar-refractivity contribution in [3.05, 3.63) is 120 Å². The average Bonchev–Trinajstić information content (AvgIpc) is 2.95. The molecular weight excluding hydrogens is 496 g/mol. The van der Waals surface area contributed by atoms with Crippen molar-refractivity contribution in [3.63, 3.8) is 0 Å². The molecule has 0 radical (unpaired) electrons. The van der Waals surface area contributed by atoms with Gasteiger partial charge in [0.2, 0.25) is 0 Å². The summed E-state index contributed by atoms with van der Waals surface area (Å²) in [5.74, 6) is 1.51. The lowest BCUT2D eigenvalue weighted by atomic mass is 10.1. The zero-order valence-electron chi connectivity index (χ0n) is 21.0. The molecule has 1 amide bonds. The summed E-state index contributed by atoms with van der Waals surface area (Å²) in [6, 6.07) is 34.3. The molecule has 0 unspecified atom stereocenters. The number of anilines is 1. The molecule has 0 heterocycles. The Hall–Kier alpha value is -4.36. The Balaban J connectivity index is 1.27. The van der Waals surface area contributed by atoms with Crippen LogP contribution in [0.1, 0.15) is 22.3 Å².